The minimum absolute atomic E-state index is 0.125. The van der Waals surface area contributed by atoms with E-state index in [1.807, 2.05) is 6.07 Å². The minimum atomic E-state index is -0.363. The zero-order valence-corrected chi connectivity index (χ0v) is 10.3. The molecule has 1 aromatic carbocycles. The molecule has 0 saturated heterocycles. The van der Waals surface area contributed by atoms with Crippen molar-refractivity contribution in [3.63, 3.8) is 0 Å². The first kappa shape index (κ1) is 12.8. The zero-order chi connectivity index (χ0) is 13.7. The van der Waals surface area contributed by atoms with Crippen LogP contribution >= 0.6 is 0 Å². The second kappa shape index (κ2) is 5.81. The topological polar surface area (TPSA) is 84.2 Å². The van der Waals surface area contributed by atoms with E-state index in [0.717, 1.165) is 0 Å². The van der Waals surface area contributed by atoms with E-state index in [0.29, 0.717) is 17.1 Å². The smallest absolute Gasteiger partial charge is 0.251 e. The van der Waals surface area contributed by atoms with E-state index in [1.165, 1.54) is 0 Å². The Morgan fingerprint density at radius 3 is 2.63 bits per heavy atom. The van der Waals surface area contributed by atoms with Crippen LogP contribution in [0.5, 0.6) is 0 Å². The predicted octanol–water partition coefficient (Wildman–Crippen LogP) is 1.35. The summed E-state index contributed by atoms with van der Waals surface area (Å²) in [5.41, 5.74) is 0.507. The Hall–Kier alpha value is -2.63. The maximum absolute atomic E-state index is 11.7. The molecule has 0 saturated carbocycles. The van der Waals surface area contributed by atoms with E-state index in [4.69, 9.17) is 4.52 Å². The minimum Gasteiger partial charge on any atom is -0.360 e. The molecule has 0 aliphatic heterocycles. The maximum Gasteiger partial charge on any atom is 0.251 e. The highest BCUT2D eigenvalue weighted by atomic mass is 16.5. The fourth-order valence-corrected chi connectivity index (χ4v) is 1.46. The van der Waals surface area contributed by atoms with E-state index >= 15 is 0 Å². The van der Waals surface area contributed by atoms with Crippen LogP contribution in [0.25, 0.3) is 0 Å². The standard InChI is InChI=1S/C13H13N3O3/c1-9-7-11(16-19-9)15-12(17)8-14-13(18)10-5-3-2-4-6-10/h2-7H,8H2,1H3,(H,14,18)(H,15,16,17). The summed E-state index contributed by atoms with van der Waals surface area (Å²) in [6.07, 6.45) is 0. The van der Waals surface area contributed by atoms with Gasteiger partial charge in [0.15, 0.2) is 5.82 Å². The van der Waals surface area contributed by atoms with Crippen LogP contribution in [0.1, 0.15) is 16.1 Å². The number of amides is 2. The number of aromatic nitrogens is 1. The van der Waals surface area contributed by atoms with Crippen LogP contribution in [0, 0.1) is 6.92 Å². The molecular formula is C13H13N3O3. The van der Waals surface area contributed by atoms with Gasteiger partial charge in [-0.3, -0.25) is 9.59 Å². The third-order valence-electron chi connectivity index (χ3n) is 2.34. The Kier molecular flexibility index (Phi) is 3.92. The second-order valence-electron chi connectivity index (χ2n) is 3.92. The molecule has 0 aliphatic carbocycles. The lowest BCUT2D eigenvalue weighted by atomic mass is 10.2. The molecule has 1 aromatic heterocycles. The molecule has 98 valence electrons. The predicted molar refractivity (Wildman–Crippen MR) is 68.6 cm³/mol. The van der Waals surface area contributed by atoms with E-state index in [-0.39, 0.29) is 18.4 Å². The summed E-state index contributed by atoms with van der Waals surface area (Å²) in [5, 5.41) is 8.65. The van der Waals surface area contributed by atoms with Gasteiger partial charge in [-0.15, -0.1) is 0 Å². The molecule has 6 heteroatoms. The van der Waals surface area contributed by atoms with Crippen LogP contribution in [-0.2, 0) is 4.79 Å². The fraction of sp³-hybridized carbons (Fsp3) is 0.154. The van der Waals surface area contributed by atoms with E-state index in [2.05, 4.69) is 15.8 Å². The number of aryl methyl sites for hydroxylation is 1. The van der Waals surface area contributed by atoms with Gasteiger partial charge < -0.3 is 15.2 Å². The fourth-order valence-electron chi connectivity index (χ4n) is 1.46. The quantitative estimate of drug-likeness (QED) is 0.868. The van der Waals surface area contributed by atoms with Gasteiger partial charge in [-0.1, -0.05) is 23.4 Å². The van der Waals surface area contributed by atoms with Gasteiger partial charge in [0, 0.05) is 11.6 Å². The van der Waals surface area contributed by atoms with Gasteiger partial charge in [0.1, 0.15) is 5.76 Å². The van der Waals surface area contributed by atoms with E-state index < -0.39 is 0 Å². The molecule has 0 aliphatic rings. The van der Waals surface area contributed by atoms with Gasteiger partial charge in [0.2, 0.25) is 5.91 Å². The molecule has 2 amide bonds. The first-order chi connectivity index (χ1) is 9.15. The maximum atomic E-state index is 11.7. The lowest BCUT2D eigenvalue weighted by molar-refractivity contribution is -0.115. The van der Waals surface area contributed by atoms with Crippen molar-refractivity contribution in [3.8, 4) is 0 Å². The largest absolute Gasteiger partial charge is 0.360 e. The summed E-state index contributed by atoms with van der Waals surface area (Å²) in [4.78, 5) is 23.2. The van der Waals surface area contributed by atoms with Crippen LogP contribution in [0.4, 0.5) is 5.82 Å². The monoisotopic (exact) mass is 259 g/mol. The molecule has 6 nitrogen and oxygen atoms in total. The first-order valence-corrected chi connectivity index (χ1v) is 5.71. The lowest BCUT2D eigenvalue weighted by Crippen LogP contribution is -2.32. The summed E-state index contributed by atoms with van der Waals surface area (Å²) in [6, 6.07) is 10.3. The number of carbonyl (C=O) groups excluding carboxylic acids is 2. The molecule has 0 atom stereocenters. The lowest BCUT2D eigenvalue weighted by Gasteiger charge is -2.04. The average Bonchev–Trinajstić information content (AvgIpc) is 2.82. The van der Waals surface area contributed by atoms with E-state index in [9.17, 15) is 9.59 Å². The number of nitrogens with zero attached hydrogens (tertiary/aromatic N) is 1. The Morgan fingerprint density at radius 2 is 2.00 bits per heavy atom. The number of benzene rings is 1. The van der Waals surface area contributed by atoms with Gasteiger partial charge in [-0.25, -0.2) is 0 Å². The molecule has 0 spiro atoms. The highest BCUT2D eigenvalue weighted by molar-refractivity contribution is 5.98. The van der Waals surface area contributed by atoms with Crippen molar-refractivity contribution in [2.24, 2.45) is 0 Å². The SMILES string of the molecule is Cc1cc(NC(=O)CNC(=O)c2ccccc2)no1. The second-order valence-corrected chi connectivity index (χ2v) is 3.92. The third kappa shape index (κ3) is 3.67. The number of rotatable bonds is 4. The van der Waals surface area contributed by atoms with Crippen molar-refractivity contribution in [1.29, 1.82) is 0 Å². The van der Waals surface area contributed by atoms with Crippen molar-refractivity contribution >= 4 is 17.6 Å². The van der Waals surface area contributed by atoms with Crippen molar-refractivity contribution in [2.45, 2.75) is 6.92 Å². The summed E-state index contributed by atoms with van der Waals surface area (Å²) < 4.78 is 4.81. The summed E-state index contributed by atoms with van der Waals surface area (Å²) in [6.45, 7) is 1.60. The summed E-state index contributed by atoms with van der Waals surface area (Å²) in [5.74, 6) is 0.268. The molecule has 0 fully saturated rings. The van der Waals surface area contributed by atoms with Crippen molar-refractivity contribution in [2.75, 3.05) is 11.9 Å². The van der Waals surface area contributed by atoms with Gasteiger partial charge in [0.25, 0.3) is 5.91 Å². The molecular weight excluding hydrogens is 246 g/mol. The van der Waals surface area contributed by atoms with Crippen molar-refractivity contribution < 1.29 is 14.1 Å². The van der Waals surface area contributed by atoms with Gasteiger partial charge >= 0.3 is 0 Å². The number of hydrogen-bond acceptors (Lipinski definition) is 4. The van der Waals surface area contributed by atoms with Gasteiger partial charge in [-0.2, -0.15) is 0 Å². The molecule has 0 bridgehead atoms. The molecule has 0 unspecified atom stereocenters. The van der Waals surface area contributed by atoms with Crippen molar-refractivity contribution in [1.82, 2.24) is 10.5 Å². The molecule has 1 heterocycles. The van der Waals surface area contributed by atoms with Gasteiger partial charge in [-0.05, 0) is 19.1 Å². The highest BCUT2D eigenvalue weighted by Gasteiger charge is 2.09. The highest BCUT2D eigenvalue weighted by Crippen LogP contribution is 2.06. The zero-order valence-electron chi connectivity index (χ0n) is 10.3. The molecule has 2 aromatic rings. The van der Waals surface area contributed by atoms with Crippen molar-refractivity contribution in [3.05, 3.63) is 47.7 Å². The molecule has 19 heavy (non-hydrogen) atoms. The van der Waals surface area contributed by atoms with Gasteiger partial charge in [0.05, 0.1) is 6.54 Å². The molecule has 2 rings (SSSR count). The summed E-state index contributed by atoms with van der Waals surface area (Å²) in [7, 11) is 0. The Labute approximate surface area is 109 Å². The van der Waals surface area contributed by atoms with Crippen LogP contribution in [0.15, 0.2) is 40.9 Å². The number of anilines is 1. The van der Waals surface area contributed by atoms with Crippen LogP contribution in [0.2, 0.25) is 0 Å². The Morgan fingerprint density at radius 1 is 1.26 bits per heavy atom. The van der Waals surface area contributed by atoms with E-state index in [1.54, 1.807) is 37.3 Å². The number of hydrogen-bond donors (Lipinski definition) is 2. The Bertz CT molecular complexity index is 578. The summed E-state index contributed by atoms with van der Waals surface area (Å²) >= 11 is 0. The van der Waals surface area contributed by atoms with Crippen LogP contribution in [0.3, 0.4) is 0 Å². The third-order valence-corrected chi connectivity index (χ3v) is 2.34. The first-order valence-electron chi connectivity index (χ1n) is 5.71. The Balaban J connectivity index is 1.82. The number of nitrogens with one attached hydrogen (secondary N) is 2. The van der Waals surface area contributed by atoms with Crippen LogP contribution in [-0.4, -0.2) is 23.5 Å². The van der Waals surface area contributed by atoms with Crippen LogP contribution < -0.4 is 10.6 Å². The number of carbonyl (C=O) groups is 2. The molecule has 2 N–H and O–H groups in total. The molecule has 0 radical (unpaired) electrons. The normalized spacial score (nSPS) is 9.95. The average molecular weight is 259 g/mol.